The molecule has 0 aliphatic rings. The first-order valence-corrected chi connectivity index (χ1v) is 8.06. The van der Waals surface area contributed by atoms with Crippen LogP contribution in [0.2, 0.25) is 0 Å². The molecule has 0 spiro atoms. The van der Waals surface area contributed by atoms with E-state index in [0.717, 1.165) is 12.1 Å². The van der Waals surface area contributed by atoms with Crippen LogP contribution in [0.3, 0.4) is 0 Å². The summed E-state index contributed by atoms with van der Waals surface area (Å²) in [6.45, 7) is 3.42. The molecular weight excluding hydrogens is 326 g/mol. The molecule has 0 atom stereocenters. The van der Waals surface area contributed by atoms with Crippen molar-refractivity contribution in [3.05, 3.63) is 29.8 Å². The van der Waals surface area contributed by atoms with Crippen LogP contribution in [0.25, 0.3) is 0 Å². The quantitative estimate of drug-likeness (QED) is 0.602. The van der Waals surface area contributed by atoms with Crippen LogP contribution < -0.4 is 5.32 Å². The summed E-state index contributed by atoms with van der Waals surface area (Å²) in [5.41, 5.74) is -0.771. The molecule has 0 amide bonds. The second-order valence-corrected chi connectivity index (χ2v) is 6.51. The predicted molar refractivity (Wildman–Crippen MR) is 78.5 cm³/mol. The van der Waals surface area contributed by atoms with Crippen molar-refractivity contribution in [1.82, 2.24) is 0 Å². The summed E-state index contributed by atoms with van der Waals surface area (Å²) in [4.78, 5) is 0. The molecule has 0 saturated carbocycles. The Kier molecular flexibility index (Phi) is 6.34. The van der Waals surface area contributed by atoms with Crippen molar-refractivity contribution < 1.29 is 26.8 Å². The average Bonchev–Trinajstić information content (AvgIpc) is 2.38. The topological polar surface area (TPSA) is 47.6 Å². The van der Waals surface area contributed by atoms with Gasteiger partial charge in [0.1, 0.15) is 0 Å². The van der Waals surface area contributed by atoms with E-state index in [0.29, 0.717) is 0 Å². The van der Waals surface area contributed by atoms with Gasteiger partial charge in [-0.1, -0.05) is 18.3 Å². The van der Waals surface area contributed by atoms with Crippen molar-refractivity contribution >= 4 is 30.2 Å². The third-order valence-corrected chi connectivity index (χ3v) is 4.87. The summed E-state index contributed by atoms with van der Waals surface area (Å²) >= 11 is 4.93. The first kappa shape index (κ1) is 18.1. The summed E-state index contributed by atoms with van der Waals surface area (Å²) < 4.78 is 59.9. The lowest BCUT2D eigenvalue weighted by Gasteiger charge is -2.19. The van der Waals surface area contributed by atoms with Crippen molar-refractivity contribution in [2.45, 2.75) is 20.0 Å². The maximum atomic E-state index is 12.6. The van der Waals surface area contributed by atoms with Crippen LogP contribution in [-0.2, 0) is 19.8 Å². The number of halogens is 3. The van der Waals surface area contributed by atoms with Crippen LogP contribution >= 0.6 is 19.8 Å². The molecule has 0 aromatic heterocycles. The van der Waals surface area contributed by atoms with Gasteiger partial charge in [0.2, 0.25) is 0 Å². The molecule has 0 radical (unpaired) electrons. The minimum absolute atomic E-state index is 0.0643. The number of nitrogens with one attached hydrogen (secondary N) is 1. The van der Waals surface area contributed by atoms with Crippen molar-refractivity contribution in [3.8, 4) is 0 Å². The van der Waals surface area contributed by atoms with Crippen LogP contribution in [0.15, 0.2) is 24.3 Å². The first-order valence-electron chi connectivity index (χ1n) is 6.11. The zero-order valence-electron chi connectivity index (χ0n) is 11.4. The van der Waals surface area contributed by atoms with Crippen molar-refractivity contribution in [2.75, 3.05) is 18.5 Å². The van der Waals surface area contributed by atoms with E-state index in [1.807, 2.05) is 0 Å². The van der Waals surface area contributed by atoms with E-state index in [1.165, 1.54) is 12.1 Å². The molecule has 1 aromatic rings. The first-order chi connectivity index (χ1) is 9.73. The third kappa shape index (κ3) is 5.07. The Labute approximate surface area is 126 Å². The highest BCUT2D eigenvalue weighted by molar-refractivity contribution is 7.98. The molecule has 9 heteroatoms. The lowest BCUT2D eigenvalue weighted by atomic mass is 10.2. The number of alkyl halides is 3. The summed E-state index contributed by atoms with van der Waals surface area (Å²) in [5.74, 6) is 0. The highest BCUT2D eigenvalue weighted by Crippen LogP contribution is 2.49. The normalized spacial score (nSPS) is 12.2. The summed E-state index contributed by atoms with van der Waals surface area (Å²) in [6, 6.07) is 4.40. The second-order valence-electron chi connectivity index (χ2n) is 3.84. The minimum atomic E-state index is -4.47. The lowest BCUT2D eigenvalue weighted by molar-refractivity contribution is -0.137. The van der Waals surface area contributed by atoms with Crippen LogP contribution in [-0.4, -0.2) is 17.9 Å². The van der Waals surface area contributed by atoms with Crippen LogP contribution in [0, 0.1) is 0 Å². The smallest absolute Gasteiger partial charge is 0.340 e. The van der Waals surface area contributed by atoms with Crippen LogP contribution in [0.4, 0.5) is 18.9 Å². The maximum Gasteiger partial charge on any atom is 0.416 e. The molecule has 1 rings (SSSR count). The van der Waals surface area contributed by atoms with E-state index in [-0.39, 0.29) is 23.6 Å². The molecule has 0 bridgehead atoms. The molecule has 4 nitrogen and oxygen atoms in total. The Balaban J connectivity index is 2.94. The van der Waals surface area contributed by atoms with Crippen molar-refractivity contribution in [3.63, 3.8) is 0 Å². The summed E-state index contributed by atoms with van der Waals surface area (Å²) in [6.07, 6.45) is -4.47. The molecule has 118 valence electrons. The summed E-state index contributed by atoms with van der Waals surface area (Å²) in [5, 5.41) is 2.48. The van der Waals surface area contributed by atoms with Crippen molar-refractivity contribution in [2.24, 2.45) is 0 Å². The van der Waals surface area contributed by atoms with Gasteiger partial charge in [-0.3, -0.25) is 4.57 Å². The Morgan fingerprint density at radius 2 is 1.86 bits per heavy atom. The van der Waals surface area contributed by atoms with Crippen LogP contribution in [0.1, 0.15) is 19.4 Å². The van der Waals surface area contributed by atoms with Crippen LogP contribution in [0.5, 0.6) is 0 Å². The van der Waals surface area contributed by atoms with Gasteiger partial charge in [-0.05, 0) is 32.0 Å². The largest absolute Gasteiger partial charge is 0.416 e. The fraction of sp³-hybridized carbons (Fsp3) is 0.417. The van der Waals surface area contributed by atoms with Crippen molar-refractivity contribution in [1.29, 1.82) is 0 Å². The zero-order chi connectivity index (χ0) is 16.1. The molecule has 0 aliphatic heterocycles. The molecular formula is C12H15F3NO3PS. The second kappa shape index (κ2) is 7.35. The molecule has 1 N–H and O–H groups in total. The van der Waals surface area contributed by atoms with Gasteiger partial charge in [0.15, 0.2) is 4.73 Å². The lowest BCUT2D eigenvalue weighted by Crippen LogP contribution is -2.14. The predicted octanol–water partition coefficient (Wildman–Crippen LogP) is 4.67. The van der Waals surface area contributed by atoms with E-state index in [1.54, 1.807) is 13.8 Å². The number of anilines is 1. The molecule has 0 unspecified atom stereocenters. The van der Waals surface area contributed by atoms with Gasteiger partial charge in [-0.2, -0.15) is 13.2 Å². The molecule has 0 saturated heterocycles. The monoisotopic (exact) mass is 341 g/mol. The fourth-order valence-corrected chi connectivity index (χ4v) is 3.15. The maximum absolute atomic E-state index is 12.6. The highest BCUT2D eigenvalue weighted by Gasteiger charge is 2.32. The van der Waals surface area contributed by atoms with E-state index >= 15 is 0 Å². The molecule has 1 aromatic carbocycles. The van der Waals surface area contributed by atoms with Gasteiger partial charge in [0, 0.05) is 5.69 Å². The van der Waals surface area contributed by atoms with Gasteiger partial charge in [0.25, 0.3) is 0 Å². The van der Waals surface area contributed by atoms with Gasteiger partial charge in [-0.25, -0.2) is 0 Å². The SMILES string of the molecule is CCOP(=O)(OCC)C(=S)Nc1cccc(C(F)(F)F)c1. The Morgan fingerprint density at radius 3 is 2.33 bits per heavy atom. The van der Waals surface area contributed by atoms with Gasteiger partial charge < -0.3 is 14.4 Å². The number of rotatable bonds is 6. The Hall–Kier alpha value is -0.950. The number of benzene rings is 1. The number of hydrogen-bond donors (Lipinski definition) is 1. The number of thiocarbonyl (C=S) groups is 1. The van der Waals surface area contributed by atoms with Gasteiger partial charge in [0.05, 0.1) is 18.8 Å². The third-order valence-electron chi connectivity index (χ3n) is 2.29. The molecule has 0 aliphatic carbocycles. The molecule has 0 heterocycles. The Bertz CT molecular complexity index is 541. The van der Waals surface area contributed by atoms with E-state index < -0.39 is 19.3 Å². The summed E-state index contributed by atoms with van der Waals surface area (Å²) in [7, 11) is -3.69. The fourth-order valence-electron chi connectivity index (χ4n) is 1.46. The average molecular weight is 341 g/mol. The van der Waals surface area contributed by atoms with Gasteiger partial charge in [-0.15, -0.1) is 0 Å². The van der Waals surface area contributed by atoms with E-state index in [4.69, 9.17) is 21.3 Å². The minimum Gasteiger partial charge on any atom is -0.340 e. The standard InChI is InChI=1S/C12H15F3NO3PS/c1-3-18-20(17,19-4-2)11(21)16-10-7-5-6-9(8-10)12(13,14)15/h5-8H,3-4H2,1-2H3,(H,16,21). The molecule has 21 heavy (non-hydrogen) atoms. The number of hydrogen-bond acceptors (Lipinski definition) is 4. The van der Waals surface area contributed by atoms with E-state index in [9.17, 15) is 17.7 Å². The Morgan fingerprint density at radius 1 is 1.29 bits per heavy atom. The zero-order valence-corrected chi connectivity index (χ0v) is 13.1. The molecule has 0 fully saturated rings. The van der Waals surface area contributed by atoms with Gasteiger partial charge >= 0.3 is 13.8 Å². The highest BCUT2D eigenvalue weighted by atomic mass is 32.1. The van der Waals surface area contributed by atoms with E-state index in [2.05, 4.69) is 5.32 Å².